The summed E-state index contributed by atoms with van der Waals surface area (Å²) in [5.74, 6) is 0. The van der Waals surface area contributed by atoms with E-state index in [-0.39, 0.29) is 12.4 Å². The van der Waals surface area contributed by atoms with Crippen LogP contribution >= 0.6 is 12.4 Å². The summed E-state index contributed by atoms with van der Waals surface area (Å²) in [6.45, 7) is 0.493. The predicted molar refractivity (Wildman–Crippen MR) is 51.7 cm³/mol. The Morgan fingerprint density at radius 3 is 2.46 bits per heavy atom. The smallest absolute Gasteiger partial charge is 0.419 e. The summed E-state index contributed by atoms with van der Waals surface area (Å²) >= 11 is 0. The molecule has 0 aliphatic rings. The van der Waals surface area contributed by atoms with Crippen molar-refractivity contribution in [1.82, 2.24) is 10.9 Å². The van der Waals surface area contributed by atoms with Gasteiger partial charge in [-0.05, 0) is 5.56 Å². The number of hydrogen-bond acceptors (Lipinski definition) is 2. The maximum Gasteiger partial charge on any atom is 0.419 e. The lowest BCUT2D eigenvalue weighted by Gasteiger charge is -2.02. The Hall–Kier alpha value is -1.26. The molecule has 0 unspecified atom stereocenters. The van der Waals surface area contributed by atoms with E-state index < -0.39 is 6.09 Å². The molecule has 0 bridgehead atoms. The molecule has 0 aliphatic carbocycles. The van der Waals surface area contributed by atoms with Crippen molar-refractivity contribution in [3.63, 3.8) is 0 Å². The lowest BCUT2D eigenvalue weighted by molar-refractivity contribution is 0.189. The Labute approximate surface area is 82.3 Å². The second kappa shape index (κ2) is 6.28. The minimum absolute atomic E-state index is 0. The third kappa shape index (κ3) is 5.05. The van der Waals surface area contributed by atoms with Crippen molar-refractivity contribution in [2.75, 3.05) is 0 Å². The first-order chi connectivity index (χ1) is 5.79. The summed E-state index contributed by atoms with van der Waals surface area (Å²) in [6.07, 6.45) is -1.08. The van der Waals surface area contributed by atoms with Gasteiger partial charge in [-0.15, -0.1) is 12.4 Å². The van der Waals surface area contributed by atoms with Crippen molar-refractivity contribution in [2.45, 2.75) is 6.54 Å². The van der Waals surface area contributed by atoms with Crippen molar-refractivity contribution in [3.05, 3.63) is 35.9 Å². The van der Waals surface area contributed by atoms with Crippen LogP contribution in [-0.4, -0.2) is 11.2 Å². The van der Waals surface area contributed by atoms with Gasteiger partial charge in [-0.25, -0.2) is 10.2 Å². The van der Waals surface area contributed by atoms with Crippen LogP contribution in [0.15, 0.2) is 30.3 Å². The van der Waals surface area contributed by atoms with Gasteiger partial charge in [-0.1, -0.05) is 30.3 Å². The minimum Gasteiger partial charge on any atom is -0.464 e. The van der Waals surface area contributed by atoms with E-state index in [2.05, 4.69) is 10.9 Å². The van der Waals surface area contributed by atoms with Gasteiger partial charge in [-0.2, -0.15) is 0 Å². The van der Waals surface area contributed by atoms with Crippen LogP contribution in [0.25, 0.3) is 0 Å². The highest BCUT2D eigenvalue weighted by Gasteiger charge is 1.92. The fourth-order valence-corrected chi connectivity index (χ4v) is 0.818. The molecular weight excluding hydrogens is 192 g/mol. The number of halogens is 1. The lowest BCUT2D eigenvalue weighted by Crippen LogP contribution is -2.35. The Morgan fingerprint density at radius 2 is 1.92 bits per heavy atom. The summed E-state index contributed by atoms with van der Waals surface area (Å²) in [6, 6.07) is 9.54. The highest BCUT2D eigenvalue weighted by atomic mass is 35.5. The summed E-state index contributed by atoms with van der Waals surface area (Å²) in [5.41, 5.74) is 5.65. The summed E-state index contributed by atoms with van der Waals surface area (Å²) in [4.78, 5) is 10.0. The molecule has 1 amide bonds. The number of hydrogen-bond donors (Lipinski definition) is 3. The topological polar surface area (TPSA) is 61.4 Å². The molecule has 1 aromatic carbocycles. The zero-order chi connectivity index (χ0) is 8.81. The Balaban J connectivity index is 0.00000144. The van der Waals surface area contributed by atoms with Crippen LogP contribution in [-0.2, 0) is 6.54 Å². The second-order valence-electron chi connectivity index (χ2n) is 2.27. The molecule has 0 radical (unpaired) electrons. The highest BCUT2D eigenvalue weighted by Crippen LogP contribution is 1.95. The zero-order valence-electron chi connectivity index (χ0n) is 6.86. The van der Waals surface area contributed by atoms with Crippen LogP contribution in [0.5, 0.6) is 0 Å². The van der Waals surface area contributed by atoms with Crippen LogP contribution in [0, 0.1) is 0 Å². The molecule has 0 spiro atoms. The van der Waals surface area contributed by atoms with Crippen molar-refractivity contribution < 1.29 is 9.90 Å². The first-order valence-electron chi connectivity index (χ1n) is 3.55. The first kappa shape index (κ1) is 11.7. The standard InChI is InChI=1S/C8H10N2O2.ClH/c11-8(12)10-9-6-7-4-2-1-3-5-7;/h1-5,9-10H,6H2,(H,11,12);1H. The van der Waals surface area contributed by atoms with E-state index in [1.807, 2.05) is 30.3 Å². The number of carboxylic acid groups (broad SMARTS) is 1. The number of amides is 1. The van der Waals surface area contributed by atoms with Crippen LogP contribution in [0.3, 0.4) is 0 Å². The van der Waals surface area contributed by atoms with Gasteiger partial charge < -0.3 is 5.11 Å². The van der Waals surface area contributed by atoms with Gasteiger partial charge in [0.25, 0.3) is 0 Å². The van der Waals surface area contributed by atoms with Crippen molar-refractivity contribution >= 4 is 18.5 Å². The maximum atomic E-state index is 10.0. The molecule has 0 atom stereocenters. The molecule has 0 fully saturated rings. The first-order valence-corrected chi connectivity index (χ1v) is 3.55. The molecule has 0 saturated heterocycles. The molecule has 5 heteroatoms. The van der Waals surface area contributed by atoms with Gasteiger partial charge in [0.05, 0.1) is 0 Å². The number of nitrogens with one attached hydrogen (secondary N) is 2. The van der Waals surface area contributed by atoms with Crippen LogP contribution in [0.2, 0.25) is 0 Å². The molecule has 4 nitrogen and oxygen atoms in total. The largest absolute Gasteiger partial charge is 0.464 e. The SMILES string of the molecule is Cl.O=C(O)NNCc1ccccc1. The van der Waals surface area contributed by atoms with Crippen LogP contribution in [0.1, 0.15) is 5.56 Å². The molecule has 0 heterocycles. The normalized spacial score (nSPS) is 8.62. The Bertz CT molecular complexity index is 254. The van der Waals surface area contributed by atoms with Gasteiger partial charge in [-0.3, -0.25) is 5.43 Å². The average molecular weight is 203 g/mol. The number of rotatable bonds is 3. The van der Waals surface area contributed by atoms with E-state index in [9.17, 15) is 4.79 Å². The maximum absolute atomic E-state index is 10.0. The number of hydrazine groups is 1. The molecule has 0 saturated carbocycles. The van der Waals surface area contributed by atoms with Gasteiger partial charge in [0.1, 0.15) is 0 Å². The van der Waals surface area contributed by atoms with E-state index in [0.717, 1.165) is 5.56 Å². The van der Waals surface area contributed by atoms with Gasteiger partial charge in [0.15, 0.2) is 0 Å². The van der Waals surface area contributed by atoms with Crippen LogP contribution in [0.4, 0.5) is 4.79 Å². The molecule has 3 N–H and O–H groups in total. The van der Waals surface area contributed by atoms with E-state index in [1.54, 1.807) is 0 Å². The van der Waals surface area contributed by atoms with Gasteiger partial charge in [0, 0.05) is 6.54 Å². The lowest BCUT2D eigenvalue weighted by atomic mass is 10.2. The number of benzene rings is 1. The third-order valence-electron chi connectivity index (χ3n) is 1.33. The van der Waals surface area contributed by atoms with Gasteiger partial charge in [0.2, 0.25) is 0 Å². The van der Waals surface area contributed by atoms with Crippen molar-refractivity contribution in [2.24, 2.45) is 0 Å². The molecule has 13 heavy (non-hydrogen) atoms. The van der Waals surface area contributed by atoms with E-state index in [4.69, 9.17) is 5.11 Å². The highest BCUT2D eigenvalue weighted by molar-refractivity contribution is 5.85. The fraction of sp³-hybridized carbons (Fsp3) is 0.125. The molecule has 1 aromatic rings. The van der Waals surface area contributed by atoms with E-state index in [0.29, 0.717) is 6.54 Å². The van der Waals surface area contributed by atoms with E-state index >= 15 is 0 Å². The average Bonchev–Trinajstić information content (AvgIpc) is 2.05. The molecule has 0 aliphatic heterocycles. The Morgan fingerprint density at radius 1 is 1.31 bits per heavy atom. The summed E-state index contributed by atoms with van der Waals surface area (Å²) < 4.78 is 0. The summed E-state index contributed by atoms with van der Waals surface area (Å²) in [5, 5.41) is 8.22. The van der Waals surface area contributed by atoms with E-state index in [1.165, 1.54) is 0 Å². The quantitative estimate of drug-likeness (QED) is 0.649. The van der Waals surface area contributed by atoms with Crippen LogP contribution < -0.4 is 10.9 Å². The Kier molecular flexibility index (Phi) is 5.67. The monoisotopic (exact) mass is 202 g/mol. The molecule has 72 valence electrons. The second-order valence-corrected chi connectivity index (χ2v) is 2.27. The van der Waals surface area contributed by atoms with Gasteiger partial charge >= 0.3 is 6.09 Å². The third-order valence-corrected chi connectivity index (χ3v) is 1.33. The summed E-state index contributed by atoms with van der Waals surface area (Å²) in [7, 11) is 0. The van der Waals surface area contributed by atoms with Crippen molar-refractivity contribution in [1.29, 1.82) is 0 Å². The molecular formula is C8H11ClN2O2. The zero-order valence-corrected chi connectivity index (χ0v) is 7.67. The predicted octanol–water partition coefficient (Wildman–Crippen LogP) is 1.38. The fourth-order valence-electron chi connectivity index (χ4n) is 0.818. The molecule has 0 aromatic heterocycles. The van der Waals surface area contributed by atoms with Crippen molar-refractivity contribution in [3.8, 4) is 0 Å². The minimum atomic E-state index is -1.08. The molecule has 1 rings (SSSR count). The number of carbonyl (C=O) groups is 1.